The number of hydrogen-bond donors (Lipinski definition) is 1. The van der Waals surface area contributed by atoms with Crippen LogP contribution in [0.15, 0.2) is 48.7 Å². The molecule has 9 nitrogen and oxygen atoms in total. The third kappa shape index (κ3) is 10.6. The third-order valence-corrected chi connectivity index (χ3v) is 10.5. The van der Waals surface area contributed by atoms with E-state index in [9.17, 15) is 13.3 Å². The van der Waals surface area contributed by atoms with Gasteiger partial charge in [-0.1, -0.05) is 38.0 Å². The summed E-state index contributed by atoms with van der Waals surface area (Å²) in [5.41, 5.74) is 9.11. The molecule has 4 aromatic rings. The standard InChI is InChI=1S/C37H50F2N3O6P/c1-5-8-9-10-28-12-16-32-33-24-29(26-41-35(33)36(40)42-34(32)25-28)11-13-30-14-15-31(23-27(30)4)46-22-21-45-20-19-44-18-17-37(38,39)49(43,47-6-2)48-7-3/h12,14-16,23-26H,5-11,13,17-22H2,1-4H3,(H2,40,42). The number of benzene rings is 2. The van der Waals surface area contributed by atoms with E-state index in [2.05, 4.69) is 54.1 Å². The first-order valence-corrected chi connectivity index (χ1v) is 18.8. The van der Waals surface area contributed by atoms with E-state index in [4.69, 9.17) is 29.0 Å². The summed E-state index contributed by atoms with van der Waals surface area (Å²) in [7, 11) is -4.54. The van der Waals surface area contributed by atoms with Crippen molar-refractivity contribution in [1.82, 2.24) is 9.97 Å². The lowest BCUT2D eigenvalue weighted by Gasteiger charge is -2.25. The molecule has 0 unspecified atom stereocenters. The smallest absolute Gasteiger partial charge is 0.399 e. The fourth-order valence-corrected chi connectivity index (χ4v) is 7.12. The van der Waals surface area contributed by atoms with Crippen molar-refractivity contribution in [3.8, 4) is 5.75 Å². The highest BCUT2D eigenvalue weighted by Gasteiger charge is 2.52. The molecular formula is C37H50F2N3O6P. The Kier molecular flexibility index (Phi) is 14.7. The van der Waals surface area contributed by atoms with Gasteiger partial charge in [-0.2, -0.15) is 8.78 Å². The van der Waals surface area contributed by atoms with Crippen LogP contribution in [0.25, 0.3) is 21.8 Å². The molecule has 12 heteroatoms. The van der Waals surface area contributed by atoms with E-state index in [1.54, 1.807) is 0 Å². The van der Waals surface area contributed by atoms with Crippen LogP contribution >= 0.6 is 7.60 Å². The Morgan fingerprint density at radius 1 is 0.816 bits per heavy atom. The molecule has 0 fully saturated rings. The van der Waals surface area contributed by atoms with Gasteiger partial charge < -0.3 is 29.0 Å². The second-order valence-electron chi connectivity index (χ2n) is 12.0. The first-order chi connectivity index (χ1) is 23.6. The van der Waals surface area contributed by atoms with Crippen molar-refractivity contribution in [2.75, 3.05) is 52.0 Å². The highest BCUT2D eigenvalue weighted by molar-refractivity contribution is 7.55. The average molecular weight is 702 g/mol. The summed E-state index contributed by atoms with van der Waals surface area (Å²) < 4.78 is 67.2. The molecule has 0 aliphatic rings. The van der Waals surface area contributed by atoms with Crippen LogP contribution in [0.2, 0.25) is 0 Å². The Morgan fingerprint density at radius 2 is 1.55 bits per heavy atom. The lowest BCUT2D eigenvalue weighted by Crippen LogP contribution is -2.23. The number of nitrogens with two attached hydrogens (primary N) is 1. The molecule has 0 amide bonds. The van der Waals surface area contributed by atoms with Gasteiger partial charge in [0.25, 0.3) is 0 Å². The fraction of sp³-hybridized carbons (Fsp3) is 0.514. The summed E-state index contributed by atoms with van der Waals surface area (Å²) in [6.07, 6.45) is 7.42. The van der Waals surface area contributed by atoms with Gasteiger partial charge in [-0.3, -0.25) is 9.55 Å². The Bertz CT molecular complexity index is 1700. The van der Waals surface area contributed by atoms with Crippen molar-refractivity contribution in [3.63, 3.8) is 0 Å². The van der Waals surface area contributed by atoms with Gasteiger partial charge in [0.1, 0.15) is 17.9 Å². The lowest BCUT2D eigenvalue weighted by molar-refractivity contribution is -0.0106. The zero-order valence-electron chi connectivity index (χ0n) is 29.1. The van der Waals surface area contributed by atoms with Gasteiger partial charge in [-0.05, 0) is 93.0 Å². The summed E-state index contributed by atoms with van der Waals surface area (Å²) in [5.74, 6) is 1.20. The molecule has 0 spiro atoms. The molecule has 0 bridgehead atoms. The second kappa shape index (κ2) is 18.7. The van der Waals surface area contributed by atoms with Gasteiger partial charge >= 0.3 is 13.3 Å². The molecule has 0 radical (unpaired) electrons. The highest BCUT2D eigenvalue weighted by atomic mass is 31.2. The van der Waals surface area contributed by atoms with Gasteiger partial charge in [0.15, 0.2) is 5.82 Å². The molecule has 0 aliphatic carbocycles. The van der Waals surface area contributed by atoms with Crippen molar-refractivity contribution in [3.05, 3.63) is 70.9 Å². The normalized spacial score (nSPS) is 12.3. The first kappa shape index (κ1) is 38.6. The average Bonchev–Trinajstić information content (AvgIpc) is 3.07. The molecule has 49 heavy (non-hydrogen) atoms. The zero-order valence-corrected chi connectivity index (χ0v) is 30.0. The monoisotopic (exact) mass is 701 g/mol. The molecule has 2 heterocycles. The van der Waals surface area contributed by atoms with E-state index in [-0.39, 0.29) is 33.0 Å². The maximum absolute atomic E-state index is 14.4. The maximum atomic E-state index is 14.4. The van der Waals surface area contributed by atoms with Gasteiger partial charge in [0.05, 0.1) is 45.2 Å². The van der Waals surface area contributed by atoms with Crippen LogP contribution in [-0.2, 0) is 42.3 Å². The molecular weight excluding hydrogens is 651 g/mol. The largest absolute Gasteiger partial charge is 0.491 e. The van der Waals surface area contributed by atoms with Crippen LogP contribution in [0.3, 0.4) is 0 Å². The summed E-state index contributed by atoms with van der Waals surface area (Å²) in [4.78, 5) is 9.34. The number of anilines is 1. The van der Waals surface area contributed by atoms with Gasteiger partial charge in [0.2, 0.25) is 0 Å². The van der Waals surface area contributed by atoms with Crippen LogP contribution in [0.1, 0.15) is 68.7 Å². The van der Waals surface area contributed by atoms with Gasteiger partial charge in [0, 0.05) is 23.4 Å². The minimum atomic E-state index is -4.54. The van der Waals surface area contributed by atoms with Crippen LogP contribution in [-0.4, -0.2) is 61.9 Å². The summed E-state index contributed by atoms with van der Waals surface area (Å²) >= 11 is 0. The van der Waals surface area contributed by atoms with Crippen molar-refractivity contribution in [1.29, 1.82) is 0 Å². The van der Waals surface area contributed by atoms with E-state index >= 15 is 0 Å². The number of aryl methyl sites for hydroxylation is 4. The van der Waals surface area contributed by atoms with E-state index in [1.165, 1.54) is 44.2 Å². The molecule has 0 saturated carbocycles. The number of hydrogen-bond acceptors (Lipinski definition) is 9. The Morgan fingerprint density at radius 3 is 2.27 bits per heavy atom. The number of aromatic nitrogens is 2. The number of halogens is 2. The molecule has 2 aromatic heterocycles. The van der Waals surface area contributed by atoms with E-state index in [0.717, 1.165) is 57.9 Å². The fourth-order valence-electron chi connectivity index (χ4n) is 5.63. The lowest BCUT2D eigenvalue weighted by atomic mass is 9.99. The molecule has 2 aromatic carbocycles. The number of ether oxygens (including phenoxy) is 3. The zero-order chi connectivity index (χ0) is 35.3. The highest BCUT2D eigenvalue weighted by Crippen LogP contribution is 2.63. The van der Waals surface area contributed by atoms with E-state index in [1.807, 2.05) is 18.3 Å². The van der Waals surface area contributed by atoms with Crippen molar-refractivity contribution < 1.29 is 36.6 Å². The first-order valence-electron chi connectivity index (χ1n) is 17.2. The minimum absolute atomic E-state index is 0.116. The predicted molar refractivity (Wildman–Crippen MR) is 191 cm³/mol. The topological polar surface area (TPSA) is 115 Å². The number of alkyl halides is 2. The molecule has 0 saturated heterocycles. The maximum Gasteiger partial charge on any atom is 0.399 e. The summed E-state index contributed by atoms with van der Waals surface area (Å²) in [5, 5.41) is 2.10. The molecule has 0 aliphatic heterocycles. The Hall–Kier alpha value is -3.21. The molecule has 0 atom stereocenters. The van der Waals surface area contributed by atoms with Gasteiger partial charge in [-0.25, -0.2) is 4.98 Å². The summed E-state index contributed by atoms with van der Waals surface area (Å²) in [6, 6.07) is 14.7. The number of fused-ring (bicyclic) bond motifs is 3. The second-order valence-corrected chi connectivity index (χ2v) is 14.1. The molecule has 2 N–H and O–H groups in total. The number of nitrogens with zero attached hydrogens (tertiary/aromatic N) is 2. The van der Waals surface area contributed by atoms with Crippen molar-refractivity contribution in [2.24, 2.45) is 0 Å². The van der Waals surface area contributed by atoms with Gasteiger partial charge in [-0.15, -0.1) is 0 Å². The summed E-state index contributed by atoms with van der Waals surface area (Å²) in [6.45, 7) is 7.66. The van der Waals surface area contributed by atoms with Crippen LogP contribution in [0.5, 0.6) is 5.75 Å². The molecule has 268 valence electrons. The predicted octanol–water partition coefficient (Wildman–Crippen LogP) is 8.85. The van der Waals surface area contributed by atoms with E-state index < -0.39 is 19.7 Å². The van der Waals surface area contributed by atoms with Crippen LogP contribution in [0, 0.1) is 6.92 Å². The minimum Gasteiger partial charge on any atom is -0.491 e. The molecule has 4 rings (SSSR count). The van der Waals surface area contributed by atoms with Crippen molar-refractivity contribution in [2.45, 2.75) is 78.3 Å². The van der Waals surface area contributed by atoms with Crippen molar-refractivity contribution >= 4 is 35.2 Å². The van der Waals surface area contributed by atoms with Crippen LogP contribution < -0.4 is 10.5 Å². The SMILES string of the molecule is CCCCCc1ccc2c(c1)nc(N)c1ncc(CCc3ccc(OCCOCCOCCC(F)(F)P(=O)(OCC)OCC)cc3C)cc12. The third-order valence-electron chi connectivity index (χ3n) is 8.26. The number of unbranched alkanes of at least 4 members (excludes halogenated alkanes) is 2. The Labute approximate surface area is 288 Å². The number of nitrogen functional groups attached to an aromatic ring is 1. The number of pyridine rings is 2. The van der Waals surface area contributed by atoms with Crippen LogP contribution in [0.4, 0.5) is 14.6 Å². The Balaban J connectivity index is 1.21. The van der Waals surface area contributed by atoms with E-state index in [0.29, 0.717) is 19.0 Å². The quantitative estimate of drug-likeness (QED) is 0.0488. The number of rotatable bonds is 22.